The summed E-state index contributed by atoms with van der Waals surface area (Å²) in [5.41, 5.74) is -0.728. The predicted octanol–water partition coefficient (Wildman–Crippen LogP) is 2.44. The van der Waals surface area contributed by atoms with Gasteiger partial charge < -0.3 is 4.57 Å². The highest BCUT2D eigenvalue weighted by molar-refractivity contribution is 5.92. The topological polar surface area (TPSA) is 22.0 Å². The third-order valence-electron chi connectivity index (χ3n) is 1.74. The first kappa shape index (κ1) is 9.96. The summed E-state index contributed by atoms with van der Waals surface area (Å²) in [6, 6.07) is 3.45. The summed E-state index contributed by atoms with van der Waals surface area (Å²) in [6.07, 6.45) is 1.72. The number of aromatic nitrogens is 1. The zero-order valence-corrected chi connectivity index (χ0v) is 8.17. The van der Waals surface area contributed by atoms with Crippen molar-refractivity contribution in [3.05, 3.63) is 24.0 Å². The van der Waals surface area contributed by atoms with Crippen LogP contribution in [-0.4, -0.2) is 16.0 Å². The van der Waals surface area contributed by atoms with Crippen LogP contribution in [0.25, 0.3) is 0 Å². The molecule has 72 valence electrons. The number of hydrogen-bond acceptors (Lipinski definition) is 1. The maximum atomic E-state index is 13.3. The molecule has 0 N–H and O–H groups in total. The molecule has 0 radical (unpaired) electrons. The molecule has 0 bridgehead atoms. The second-order valence-corrected chi connectivity index (χ2v) is 3.80. The number of carbonyl (C=O) groups excluding carboxylic acids is 1. The van der Waals surface area contributed by atoms with Crippen LogP contribution in [0.5, 0.6) is 0 Å². The lowest BCUT2D eigenvalue weighted by molar-refractivity contribution is 0.0999. The van der Waals surface area contributed by atoms with Gasteiger partial charge in [-0.25, -0.2) is 4.39 Å². The summed E-state index contributed by atoms with van der Waals surface area (Å²) < 4.78 is 14.9. The molecule has 0 spiro atoms. The van der Waals surface area contributed by atoms with Gasteiger partial charge in [-0.15, -0.1) is 0 Å². The van der Waals surface area contributed by atoms with E-state index in [1.807, 2.05) is 0 Å². The molecule has 0 saturated carbocycles. The Morgan fingerprint density at radius 1 is 1.62 bits per heavy atom. The Bertz CT molecular complexity index is 309. The maximum absolute atomic E-state index is 13.3. The lowest BCUT2D eigenvalue weighted by Gasteiger charge is -2.16. The highest BCUT2D eigenvalue weighted by Crippen LogP contribution is 2.14. The van der Waals surface area contributed by atoms with Gasteiger partial charge in [0.25, 0.3) is 0 Å². The van der Waals surface area contributed by atoms with E-state index in [4.69, 9.17) is 0 Å². The monoisotopic (exact) mass is 183 g/mol. The zero-order valence-electron chi connectivity index (χ0n) is 8.17. The Kier molecular flexibility index (Phi) is 2.55. The minimum Gasteiger partial charge on any atom is -0.342 e. The van der Waals surface area contributed by atoms with E-state index < -0.39 is 5.67 Å². The molecule has 0 unspecified atom stereocenters. The number of halogens is 1. The van der Waals surface area contributed by atoms with E-state index in [1.54, 1.807) is 22.9 Å². The molecule has 0 saturated heterocycles. The molecule has 3 heteroatoms. The molecule has 0 aliphatic rings. The van der Waals surface area contributed by atoms with Crippen molar-refractivity contribution in [3.63, 3.8) is 0 Å². The number of carbonyl (C=O) groups is 1. The van der Waals surface area contributed by atoms with Gasteiger partial charge in [-0.1, -0.05) is 0 Å². The van der Waals surface area contributed by atoms with Crippen molar-refractivity contribution in [3.8, 4) is 0 Å². The van der Waals surface area contributed by atoms with Gasteiger partial charge in [0.05, 0.1) is 12.2 Å². The second-order valence-electron chi connectivity index (χ2n) is 3.80. The first-order chi connectivity index (χ1) is 5.90. The second kappa shape index (κ2) is 3.32. The fourth-order valence-electron chi connectivity index (χ4n) is 1.28. The molecule has 2 nitrogen and oxygen atoms in total. The molecule has 0 amide bonds. The smallest absolute Gasteiger partial charge is 0.176 e. The molecule has 0 fully saturated rings. The number of hydrogen-bond donors (Lipinski definition) is 0. The first-order valence-corrected chi connectivity index (χ1v) is 4.25. The molecule has 1 heterocycles. The maximum Gasteiger partial charge on any atom is 0.176 e. The van der Waals surface area contributed by atoms with Crippen LogP contribution in [0.2, 0.25) is 0 Å². The first-order valence-electron chi connectivity index (χ1n) is 4.25. The largest absolute Gasteiger partial charge is 0.342 e. The van der Waals surface area contributed by atoms with Crippen molar-refractivity contribution in [2.75, 3.05) is 0 Å². The molecule has 0 aromatic carbocycles. The van der Waals surface area contributed by atoms with Gasteiger partial charge in [-0.2, -0.15) is 0 Å². The van der Waals surface area contributed by atoms with E-state index >= 15 is 0 Å². The van der Waals surface area contributed by atoms with E-state index in [0.717, 1.165) is 0 Å². The Labute approximate surface area is 77.4 Å². The standard InChI is InChI=1S/C10H14FNO/c1-8(13)9-5-4-6-12(9)7-10(2,3)11/h4-6H,7H2,1-3H3. The summed E-state index contributed by atoms with van der Waals surface area (Å²) in [5, 5.41) is 0. The normalized spacial score (nSPS) is 11.7. The Morgan fingerprint density at radius 2 is 2.23 bits per heavy atom. The molecule has 0 atom stereocenters. The molecular weight excluding hydrogens is 169 g/mol. The molecule has 1 aromatic heterocycles. The van der Waals surface area contributed by atoms with Crippen molar-refractivity contribution < 1.29 is 9.18 Å². The van der Waals surface area contributed by atoms with Crippen LogP contribution >= 0.6 is 0 Å². The summed E-state index contributed by atoms with van der Waals surface area (Å²) in [5.74, 6) is -0.0331. The number of rotatable bonds is 3. The quantitative estimate of drug-likeness (QED) is 0.660. The minimum absolute atomic E-state index is 0.0331. The Hall–Kier alpha value is -1.12. The summed E-state index contributed by atoms with van der Waals surface area (Å²) in [7, 11) is 0. The van der Waals surface area contributed by atoms with Crippen molar-refractivity contribution in [2.45, 2.75) is 33.0 Å². The SMILES string of the molecule is CC(=O)c1cccn1CC(C)(C)F. The molecule has 0 aliphatic carbocycles. The van der Waals surface area contributed by atoms with Crippen LogP contribution < -0.4 is 0 Å². The predicted molar refractivity (Wildman–Crippen MR) is 49.6 cm³/mol. The van der Waals surface area contributed by atoms with Gasteiger partial charge in [0.15, 0.2) is 5.78 Å². The lowest BCUT2D eigenvalue weighted by Crippen LogP contribution is -2.22. The van der Waals surface area contributed by atoms with E-state index in [1.165, 1.54) is 20.8 Å². The van der Waals surface area contributed by atoms with E-state index in [2.05, 4.69) is 0 Å². The average Bonchev–Trinajstić information content (AvgIpc) is 2.31. The van der Waals surface area contributed by atoms with Gasteiger partial charge >= 0.3 is 0 Å². The van der Waals surface area contributed by atoms with Crippen LogP contribution in [0.15, 0.2) is 18.3 Å². The van der Waals surface area contributed by atoms with Gasteiger partial charge in [-0.3, -0.25) is 4.79 Å². The summed E-state index contributed by atoms with van der Waals surface area (Å²) in [6.45, 7) is 4.69. The Balaban J connectivity index is 2.89. The highest BCUT2D eigenvalue weighted by Gasteiger charge is 2.18. The van der Waals surface area contributed by atoms with E-state index in [0.29, 0.717) is 5.69 Å². The number of alkyl halides is 1. The molecule has 0 aliphatic heterocycles. The van der Waals surface area contributed by atoms with Crippen LogP contribution in [0.4, 0.5) is 4.39 Å². The molecule has 1 rings (SSSR count). The third kappa shape index (κ3) is 2.68. The fourth-order valence-corrected chi connectivity index (χ4v) is 1.28. The lowest BCUT2D eigenvalue weighted by atomic mass is 10.1. The van der Waals surface area contributed by atoms with Crippen LogP contribution in [0, 0.1) is 0 Å². The van der Waals surface area contributed by atoms with Gasteiger partial charge in [-0.05, 0) is 26.0 Å². The van der Waals surface area contributed by atoms with E-state index in [9.17, 15) is 9.18 Å². The van der Waals surface area contributed by atoms with Crippen molar-refractivity contribution in [1.82, 2.24) is 4.57 Å². The van der Waals surface area contributed by atoms with Crippen LogP contribution in [0.3, 0.4) is 0 Å². The van der Waals surface area contributed by atoms with Crippen molar-refractivity contribution in [2.24, 2.45) is 0 Å². The number of Topliss-reactive ketones (excluding diaryl/α,β-unsaturated/α-hetero) is 1. The van der Waals surface area contributed by atoms with Gasteiger partial charge in [0.1, 0.15) is 5.67 Å². The number of ketones is 1. The summed E-state index contributed by atoms with van der Waals surface area (Å²) in [4.78, 5) is 11.1. The number of nitrogens with zero attached hydrogens (tertiary/aromatic N) is 1. The fraction of sp³-hybridized carbons (Fsp3) is 0.500. The van der Waals surface area contributed by atoms with Gasteiger partial charge in [0.2, 0.25) is 0 Å². The summed E-state index contributed by atoms with van der Waals surface area (Å²) >= 11 is 0. The van der Waals surface area contributed by atoms with Crippen LogP contribution in [0.1, 0.15) is 31.3 Å². The molecule has 13 heavy (non-hydrogen) atoms. The van der Waals surface area contributed by atoms with E-state index in [-0.39, 0.29) is 12.3 Å². The third-order valence-corrected chi connectivity index (χ3v) is 1.74. The molecule has 1 aromatic rings. The molecular formula is C10H14FNO. The van der Waals surface area contributed by atoms with Crippen molar-refractivity contribution in [1.29, 1.82) is 0 Å². The highest BCUT2D eigenvalue weighted by atomic mass is 19.1. The van der Waals surface area contributed by atoms with Crippen LogP contribution in [-0.2, 0) is 6.54 Å². The minimum atomic E-state index is -1.29. The Morgan fingerprint density at radius 3 is 2.69 bits per heavy atom. The average molecular weight is 183 g/mol. The van der Waals surface area contributed by atoms with Gasteiger partial charge in [0, 0.05) is 13.1 Å². The van der Waals surface area contributed by atoms with Crippen molar-refractivity contribution >= 4 is 5.78 Å². The zero-order chi connectivity index (χ0) is 10.1.